The summed E-state index contributed by atoms with van der Waals surface area (Å²) in [6, 6.07) is 8.96. The Morgan fingerprint density at radius 1 is 1.33 bits per heavy atom. The number of anilines is 1. The summed E-state index contributed by atoms with van der Waals surface area (Å²) in [7, 11) is 1.90. The van der Waals surface area contributed by atoms with Crippen LogP contribution in [0.15, 0.2) is 42.7 Å². The molecule has 0 saturated heterocycles. The molecule has 3 aromatic heterocycles. The molecule has 10 heteroatoms. The van der Waals surface area contributed by atoms with E-state index in [0.717, 1.165) is 25.4 Å². The van der Waals surface area contributed by atoms with Gasteiger partial charge in [-0.3, -0.25) is 9.69 Å². The third-order valence-corrected chi connectivity index (χ3v) is 5.93. The first kappa shape index (κ1) is 20.0. The van der Waals surface area contributed by atoms with Crippen molar-refractivity contribution in [1.82, 2.24) is 24.1 Å². The maximum absolute atomic E-state index is 12.2. The molecule has 4 rings (SSSR count). The summed E-state index contributed by atoms with van der Waals surface area (Å²) in [6.07, 6.45) is 3.00. The van der Waals surface area contributed by atoms with E-state index in [1.807, 2.05) is 49.0 Å². The van der Waals surface area contributed by atoms with Crippen LogP contribution in [-0.2, 0) is 13.6 Å². The zero-order chi connectivity index (χ0) is 21.4. The van der Waals surface area contributed by atoms with Crippen molar-refractivity contribution in [2.24, 2.45) is 7.05 Å². The summed E-state index contributed by atoms with van der Waals surface area (Å²) in [5.74, 6) is 1.04. The Bertz CT molecular complexity index is 1280. The first-order chi connectivity index (χ1) is 14.4. The second-order valence-corrected chi connectivity index (χ2v) is 7.80. The number of carbonyl (C=O) groups excluding carboxylic acids is 1. The van der Waals surface area contributed by atoms with E-state index in [4.69, 9.17) is 0 Å². The van der Waals surface area contributed by atoms with Gasteiger partial charge in [-0.05, 0) is 41.1 Å². The fourth-order valence-electron chi connectivity index (χ4n) is 3.23. The highest BCUT2D eigenvalue weighted by molar-refractivity contribution is 14.1. The van der Waals surface area contributed by atoms with Crippen LogP contribution in [0.1, 0.15) is 21.7 Å². The lowest BCUT2D eigenvalue weighted by Crippen LogP contribution is -2.31. The number of aldehydes is 1. The normalized spacial score (nSPS) is 11.0. The number of hydrogen-bond donors (Lipinski definition) is 1. The molecule has 0 unspecified atom stereocenters. The van der Waals surface area contributed by atoms with Crippen molar-refractivity contribution in [3.8, 4) is 11.4 Å². The van der Waals surface area contributed by atoms with Gasteiger partial charge in [-0.2, -0.15) is 9.61 Å². The van der Waals surface area contributed by atoms with Crippen molar-refractivity contribution < 1.29 is 14.7 Å². The molecule has 0 bridgehead atoms. The predicted molar refractivity (Wildman–Crippen MR) is 119 cm³/mol. The molecule has 0 saturated carbocycles. The molecule has 0 aliphatic carbocycles. The molecule has 0 aliphatic heterocycles. The number of benzene rings is 1. The Balaban J connectivity index is 1.80. The van der Waals surface area contributed by atoms with Crippen LogP contribution in [0.2, 0.25) is 0 Å². The van der Waals surface area contributed by atoms with Gasteiger partial charge in [0.2, 0.25) is 0 Å². The maximum atomic E-state index is 12.2. The monoisotopic (exact) mass is 516 g/mol. The van der Waals surface area contributed by atoms with Gasteiger partial charge >= 0.3 is 6.09 Å². The van der Waals surface area contributed by atoms with Crippen LogP contribution in [0.25, 0.3) is 17.0 Å². The van der Waals surface area contributed by atoms with Gasteiger partial charge in [-0.15, -0.1) is 0 Å². The van der Waals surface area contributed by atoms with Gasteiger partial charge in [-0.1, -0.05) is 18.2 Å². The van der Waals surface area contributed by atoms with E-state index in [-0.39, 0.29) is 18.1 Å². The predicted octanol–water partition coefficient (Wildman–Crippen LogP) is 3.54. The molecule has 1 amide bonds. The number of hydrogen-bond acceptors (Lipinski definition) is 5. The number of aromatic nitrogens is 5. The van der Waals surface area contributed by atoms with Crippen molar-refractivity contribution >= 4 is 46.4 Å². The van der Waals surface area contributed by atoms with Crippen molar-refractivity contribution in [2.75, 3.05) is 4.90 Å². The maximum Gasteiger partial charge on any atom is 0.413 e. The molecule has 30 heavy (non-hydrogen) atoms. The number of halogens is 1. The van der Waals surface area contributed by atoms with Crippen LogP contribution in [0.5, 0.6) is 0 Å². The van der Waals surface area contributed by atoms with E-state index in [1.54, 1.807) is 6.20 Å². The van der Waals surface area contributed by atoms with E-state index in [9.17, 15) is 14.7 Å². The second kappa shape index (κ2) is 7.86. The van der Waals surface area contributed by atoms with Crippen LogP contribution >= 0.6 is 22.6 Å². The van der Waals surface area contributed by atoms with Gasteiger partial charge in [0.1, 0.15) is 17.3 Å². The highest BCUT2D eigenvalue weighted by Gasteiger charge is 2.22. The molecule has 0 spiro atoms. The fourth-order valence-corrected chi connectivity index (χ4v) is 3.69. The first-order valence-electron chi connectivity index (χ1n) is 8.97. The quantitative estimate of drug-likeness (QED) is 0.322. The zero-order valence-electron chi connectivity index (χ0n) is 16.2. The van der Waals surface area contributed by atoms with Crippen molar-refractivity contribution in [3.63, 3.8) is 0 Å². The molecule has 0 aliphatic rings. The van der Waals surface area contributed by atoms with E-state index in [0.29, 0.717) is 17.6 Å². The first-order valence-corrected chi connectivity index (χ1v) is 10.0. The minimum absolute atomic E-state index is 0.0699. The molecule has 0 radical (unpaired) electrons. The molecule has 0 atom stereocenters. The number of carbonyl (C=O) groups is 2. The Hall–Kier alpha value is -3.28. The van der Waals surface area contributed by atoms with Gasteiger partial charge in [0.15, 0.2) is 11.9 Å². The summed E-state index contributed by atoms with van der Waals surface area (Å²) in [4.78, 5) is 33.4. The Morgan fingerprint density at radius 2 is 2.13 bits per heavy atom. The molecule has 1 N–H and O–H groups in total. The van der Waals surface area contributed by atoms with Crippen LogP contribution in [0.3, 0.4) is 0 Å². The molecule has 152 valence electrons. The smallest absolute Gasteiger partial charge is 0.413 e. The Morgan fingerprint density at radius 3 is 2.80 bits per heavy atom. The van der Waals surface area contributed by atoms with Crippen LogP contribution < -0.4 is 4.90 Å². The number of nitrogens with zero attached hydrogens (tertiary/aromatic N) is 6. The number of aryl methyl sites for hydroxylation is 2. The lowest BCUT2D eigenvalue weighted by Gasteiger charge is -2.20. The van der Waals surface area contributed by atoms with E-state index >= 15 is 0 Å². The van der Waals surface area contributed by atoms with Gasteiger partial charge in [0.05, 0.1) is 15.8 Å². The SMILES string of the molecule is Cc1nn2c(N(Cc3cccc(-c4nccn4C)c3)C(=O)O)cc(C=O)nc2c1I. The summed E-state index contributed by atoms with van der Waals surface area (Å²) < 4.78 is 4.12. The third-order valence-electron chi connectivity index (χ3n) is 4.67. The number of amides is 1. The lowest BCUT2D eigenvalue weighted by atomic mass is 10.1. The third kappa shape index (κ3) is 3.54. The Kier molecular flexibility index (Phi) is 5.24. The number of rotatable bonds is 5. The zero-order valence-corrected chi connectivity index (χ0v) is 18.3. The molecule has 9 nitrogen and oxygen atoms in total. The average molecular weight is 516 g/mol. The number of carboxylic acid groups (broad SMARTS) is 1. The van der Waals surface area contributed by atoms with E-state index in [2.05, 4.69) is 37.7 Å². The average Bonchev–Trinajstić information content (AvgIpc) is 3.29. The second-order valence-electron chi connectivity index (χ2n) is 6.72. The summed E-state index contributed by atoms with van der Waals surface area (Å²) in [5, 5.41) is 14.4. The topological polar surface area (TPSA) is 106 Å². The van der Waals surface area contributed by atoms with Crippen molar-refractivity contribution in [3.05, 3.63) is 63.2 Å². The van der Waals surface area contributed by atoms with Gasteiger partial charge in [0.25, 0.3) is 0 Å². The molecule has 3 heterocycles. The summed E-state index contributed by atoms with van der Waals surface area (Å²) in [6.45, 7) is 1.88. The molecular formula is C20H17IN6O3. The van der Waals surface area contributed by atoms with Crippen molar-refractivity contribution in [2.45, 2.75) is 13.5 Å². The van der Waals surface area contributed by atoms with Gasteiger partial charge in [-0.25, -0.2) is 14.8 Å². The summed E-state index contributed by atoms with van der Waals surface area (Å²) >= 11 is 2.09. The highest BCUT2D eigenvalue weighted by atomic mass is 127. The number of imidazole rings is 1. The lowest BCUT2D eigenvalue weighted by molar-refractivity contribution is 0.111. The van der Waals surface area contributed by atoms with Gasteiger partial charge in [0, 0.05) is 31.1 Å². The summed E-state index contributed by atoms with van der Waals surface area (Å²) in [5.41, 5.74) is 2.94. The molecule has 1 aromatic carbocycles. The highest BCUT2D eigenvalue weighted by Crippen LogP contribution is 2.25. The fraction of sp³-hybridized carbons (Fsp3) is 0.150. The minimum atomic E-state index is -1.16. The van der Waals surface area contributed by atoms with E-state index in [1.165, 1.54) is 10.6 Å². The Labute approximate surface area is 185 Å². The van der Waals surface area contributed by atoms with Gasteiger partial charge < -0.3 is 9.67 Å². The molecular weight excluding hydrogens is 499 g/mol. The molecule has 4 aromatic rings. The standard InChI is InChI=1S/C20H17IN6O3/c1-12-17(21)19-23-15(11-28)9-16(27(19)24-12)26(20(29)30)10-13-4-3-5-14(8-13)18-22-6-7-25(18)2/h3-9,11H,10H2,1-2H3,(H,29,30). The van der Waals surface area contributed by atoms with E-state index < -0.39 is 6.09 Å². The minimum Gasteiger partial charge on any atom is -0.465 e. The molecule has 0 fully saturated rings. The van der Waals surface area contributed by atoms with Crippen LogP contribution in [0, 0.1) is 10.5 Å². The van der Waals surface area contributed by atoms with Crippen molar-refractivity contribution in [1.29, 1.82) is 0 Å². The van der Waals surface area contributed by atoms with Crippen LogP contribution in [-0.4, -0.2) is 41.6 Å². The largest absolute Gasteiger partial charge is 0.465 e. The van der Waals surface area contributed by atoms with Crippen LogP contribution in [0.4, 0.5) is 10.6 Å². The number of fused-ring (bicyclic) bond motifs is 1.